The van der Waals surface area contributed by atoms with E-state index in [1.807, 2.05) is 38.1 Å². The van der Waals surface area contributed by atoms with Crippen LogP contribution in [0.5, 0.6) is 0 Å². The average Bonchev–Trinajstić information content (AvgIpc) is 2.31. The van der Waals surface area contributed by atoms with Gasteiger partial charge in [-0.3, -0.25) is 0 Å². The van der Waals surface area contributed by atoms with Crippen molar-refractivity contribution in [2.24, 2.45) is 0 Å². The first-order valence-corrected chi connectivity index (χ1v) is 6.45. The fourth-order valence-electron chi connectivity index (χ4n) is 1.41. The minimum Gasteiger partial charge on any atom is -0.368 e. The summed E-state index contributed by atoms with van der Waals surface area (Å²) in [6.45, 7) is 3.97. The van der Waals surface area contributed by atoms with Gasteiger partial charge in [-0.2, -0.15) is 15.0 Å². The quantitative estimate of drug-likeness (QED) is 0.853. The van der Waals surface area contributed by atoms with Crippen molar-refractivity contribution >= 4 is 33.5 Å². The van der Waals surface area contributed by atoms with Crippen molar-refractivity contribution in [2.75, 3.05) is 11.1 Å². The topological polar surface area (TPSA) is 76.7 Å². The summed E-state index contributed by atoms with van der Waals surface area (Å²) in [6, 6.07) is 7.96. The summed E-state index contributed by atoms with van der Waals surface area (Å²) in [5, 5.41) is 3.10. The molecule has 2 rings (SSSR count). The molecule has 0 saturated carbocycles. The largest absolute Gasteiger partial charge is 0.368 e. The highest BCUT2D eigenvalue weighted by molar-refractivity contribution is 9.09. The summed E-state index contributed by atoms with van der Waals surface area (Å²) in [6.07, 6.45) is 0. The lowest BCUT2D eigenvalue weighted by atomic mass is 10.2. The molecule has 0 saturated heterocycles. The second kappa shape index (κ2) is 5.30. The van der Waals surface area contributed by atoms with Gasteiger partial charge in [-0.25, -0.2) is 0 Å². The number of rotatable bonds is 3. The van der Waals surface area contributed by atoms with Crippen LogP contribution in [0.2, 0.25) is 0 Å². The Balaban J connectivity index is 2.26. The van der Waals surface area contributed by atoms with Crippen LogP contribution in [0.4, 0.5) is 17.6 Å². The molecule has 5 nitrogen and oxygen atoms in total. The second-order valence-corrected chi connectivity index (χ2v) is 5.36. The molecular weight excluding hydrogens is 294 g/mol. The third-order valence-electron chi connectivity index (χ3n) is 2.33. The highest BCUT2D eigenvalue weighted by Gasteiger charge is 2.09. The fraction of sp³-hybridized carbons (Fsp3) is 0.250. The van der Waals surface area contributed by atoms with Gasteiger partial charge in [0.1, 0.15) is 5.82 Å². The first-order chi connectivity index (χ1) is 8.54. The predicted molar refractivity (Wildman–Crippen MR) is 76.0 cm³/mol. The van der Waals surface area contributed by atoms with E-state index in [-0.39, 0.29) is 10.8 Å². The fourth-order valence-corrected chi connectivity index (χ4v) is 1.61. The van der Waals surface area contributed by atoms with E-state index in [0.717, 1.165) is 5.69 Å². The number of nitrogens with zero attached hydrogens (tertiary/aromatic N) is 3. The normalized spacial score (nSPS) is 12.2. The third kappa shape index (κ3) is 3.16. The summed E-state index contributed by atoms with van der Waals surface area (Å²) >= 11 is 3.41. The highest BCUT2D eigenvalue weighted by atomic mass is 79.9. The molecule has 18 heavy (non-hydrogen) atoms. The van der Waals surface area contributed by atoms with Gasteiger partial charge in [0, 0.05) is 5.69 Å². The van der Waals surface area contributed by atoms with Gasteiger partial charge in [0.25, 0.3) is 0 Å². The van der Waals surface area contributed by atoms with Crippen molar-refractivity contribution in [3.8, 4) is 0 Å². The number of benzene rings is 1. The van der Waals surface area contributed by atoms with E-state index in [0.29, 0.717) is 11.8 Å². The number of halogens is 1. The lowest BCUT2D eigenvalue weighted by Gasteiger charge is -2.08. The van der Waals surface area contributed by atoms with Crippen LogP contribution in [0.25, 0.3) is 0 Å². The minimum atomic E-state index is 0.0290. The maximum atomic E-state index is 5.65. The van der Waals surface area contributed by atoms with Gasteiger partial charge in [0.2, 0.25) is 11.9 Å². The van der Waals surface area contributed by atoms with Crippen LogP contribution < -0.4 is 11.1 Å². The Bertz CT molecular complexity index is 539. The Labute approximate surface area is 114 Å². The number of nitrogens with one attached hydrogen (secondary N) is 1. The zero-order valence-corrected chi connectivity index (χ0v) is 11.8. The van der Waals surface area contributed by atoms with Crippen LogP contribution >= 0.6 is 15.9 Å². The first kappa shape index (κ1) is 12.8. The van der Waals surface area contributed by atoms with E-state index in [9.17, 15) is 0 Å². The molecule has 1 heterocycles. The van der Waals surface area contributed by atoms with Gasteiger partial charge in [-0.15, -0.1) is 0 Å². The van der Waals surface area contributed by atoms with Crippen LogP contribution in [0.1, 0.15) is 23.1 Å². The summed E-state index contributed by atoms with van der Waals surface area (Å²) in [7, 11) is 0. The number of nitrogen functional groups attached to an aromatic ring is 1. The number of aryl methyl sites for hydroxylation is 1. The maximum Gasteiger partial charge on any atom is 0.232 e. The van der Waals surface area contributed by atoms with E-state index in [4.69, 9.17) is 5.73 Å². The summed E-state index contributed by atoms with van der Waals surface area (Å²) in [5.74, 6) is 1.27. The molecule has 1 aromatic carbocycles. The Morgan fingerprint density at radius 3 is 2.44 bits per heavy atom. The van der Waals surface area contributed by atoms with Gasteiger partial charge in [0.15, 0.2) is 0 Å². The van der Waals surface area contributed by atoms with Gasteiger partial charge in [-0.05, 0) is 26.0 Å². The van der Waals surface area contributed by atoms with Gasteiger partial charge in [0.05, 0.1) is 4.83 Å². The number of alkyl halides is 1. The number of anilines is 3. The van der Waals surface area contributed by atoms with Crippen LogP contribution in [0, 0.1) is 6.92 Å². The molecule has 94 valence electrons. The monoisotopic (exact) mass is 307 g/mol. The molecule has 3 N–H and O–H groups in total. The highest BCUT2D eigenvalue weighted by Crippen LogP contribution is 2.20. The Morgan fingerprint density at radius 2 is 1.83 bits per heavy atom. The lowest BCUT2D eigenvalue weighted by molar-refractivity contribution is 0.906. The second-order valence-electron chi connectivity index (χ2n) is 3.98. The summed E-state index contributed by atoms with van der Waals surface area (Å²) < 4.78 is 0. The molecule has 0 radical (unpaired) electrons. The standard InChI is InChI=1S/C12H14BrN5/c1-7-3-5-9(6-4-7)15-12-17-10(8(2)13)16-11(14)18-12/h3-6,8H,1-2H3,(H3,14,15,16,17,18)/t8-/m0/s1. The Kier molecular flexibility index (Phi) is 3.76. The molecule has 0 spiro atoms. The molecule has 1 atom stereocenters. The molecule has 2 aromatic rings. The van der Waals surface area contributed by atoms with Gasteiger partial charge in [-0.1, -0.05) is 33.6 Å². The zero-order valence-electron chi connectivity index (χ0n) is 10.2. The van der Waals surface area contributed by atoms with Crippen LogP contribution in [-0.4, -0.2) is 15.0 Å². The molecular formula is C12H14BrN5. The van der Waals surface area contributed by atoms with Gasteiger partial charge >= 0.3 is 0 Å². The summed E-state index contributed by atoms with van der Waals surface area (Å²) in [4.78, 5) is 12.4. The van der Waals surface area contributed by atoms with Crippen molar-refractivity contribution < 1.29 is 0 Å². The number of hydrogen-bond acceptors (Lipinski definition) is 5. The van der Waals surface area contributed by atoms with Crippen molar-refractivity contribution in [1.29, 1.82) is 0 Å². The Hall–Kier alpha value is -1.69. The minimum absolute atomic E-state index is 0.0290. The molecule has 0 amide bonds. The van der Waals surface area contributed by atoms with Gasteiger partial charge < -0.3 is 11.1 Å². The number of aromatic nitrogens is 3. The molecule has 0 bridgehead atoms. The molecule has 1 aromatic heterocycles. The SMILES string of the molecule is Cc1ccc(Nc2nc(N)nc([C@H](C)Br)n2)cc1. The van der Waals surface area contributed by atoms with Crippen molar-refractivity contribution in [3.05, 3.63) is 35.7 Å². The van der Waals surface area contributed by atoms with E-state index in [2.05, 4.69) is 36.2 Å². The maximum absolute atomic E-state index is 5.65. The van der Waals surface area contributed by atoms with Crippen molar-refractivity contribution in [2.45, 2.75) is 18.7 Å². The predicted octanol–water partition coefficient (Wildman–Crippen LogP) is 2.96. The molecule has 0 fully saturated rings. The molecule has 0 unspecified atom stereocenters. The average molecular weight is 308 g/mol. The molecule has 6 heteroatoms. The molecule has 0 aliphatic carbocycles. The van der Waals surface area contributed by atoms with Crippen molar-refractivity contribution in [3.63, 3.8) is 0 Å². The lowest BCUT2D eigenvalue weighted by Crippen LogP contribution is -2.07. The van der Waals surface area contributed by atoms with E-state index in [1.54, 1.807) is 0 Å². The van der Waals surface area contributed by atoms with Crippen molar-refractivity contribution in [1.82, 2.24) is 15.0 Å². The first-order valence-electron chi connectivity index (χ1n) is 5.54. The van der Waals surface area contributed by atoms with E-state index < -0.39 is 0 Å². The molecule has 0 aliphatic heterocycles. The zero-order chi connectivity index (χ0) is 13.1. The number of nitrogens with two attached hydrogens (primary N) is 1. The van der Waals surface area contributed by atoms with E-state index in [1.165, 1.54) is 5.56 Å². The van der Waals surface area contributed by atoms with Crippen LogP contribution in [-0.2, 0) is 0 Å². The smallest absolute Gasteiger partial charge is 0.232 e. The third-order valence-corrected chi connectivity index (χ3v) is 2.74. The Morgan fingerprint density at radius 1 is 1.17 bits per heavy atom. The van der Waals surface area contributed by atoms with Crippen LogP contribution in [0.3, 0.4) is 0 Å². The number of hydrogen-bond donors (Lipinski definition) is 2. The van der Waals surface area contributed by atoms with Crippen LogP contribution in [0.15, 0.2) is 24.3 Å². The van der Waals surface area contributed by atoms with E-state index >= 15 is 0 Å². The summed E-state index contributed by atoms with van der Waals surface area (Å²) in [5.41, 5.74) is 7.77. The molecule has 0 aliphatic rings.